The summed E-state index contributed by atoms with van der Waals surface area (Å²) in [6.07, 6.45) is 0.561. The Morgan fingerprint density at radius 1 is 1.24 bits per heavy atom. The van der Waals surface area contributed by atoms with E-state index in [4.69, 9.17) is 16.3 Å². The summed E-state index contributed by atoms with van der Waals surface area (Å²) in [7, 11) is 1.45. The summed E-state index contributed by atoms with van der Waals surface area (Å²) in [4.78, 5) is 0. The third-order valence-corrected chi connectivity index (χ3v) is 3.15. The number of methoxy groups -OCH3 is 1. The van der Waals surface area contributed by atoms with Crippen molar-refractivity contribution in [2.45, 2.75) is 13.3 Å². The Hall–Kier alpha value is -1.61. The van der Waals surface area contributed by atoms with Gasteiger partial charge < -0.3 is 14.9 Å². The van der Waals surface area contributed by atoms with Crippen LogP contribution in [0.25, 0.3) is 10.8 Å². The Bertz CT molecular complexity index is 579. The predicted octanol–water partition coefficient (Wildman–Crippen LogP) is 3.48. The van der Waals surface area contributed by atoms with Crippen LogP contribution in [0.1, 0.15) is 12.5 Å². The average Bonchev–Trinajstić information content (AvgIpc) is 2.33. The standard InChI is InChI=1S/C13H13ClO3/c1-3-7-11(15)8-5-4-6-9(14)10(8)12(16)13(7)17-2/h4-6,15-16H,3H2,1-2H3. The van der Waals surface area contributed by atoms with Crippen molar-refractivity contribution in [2.24, 2.45) is 0 Å². The largest absolute Gasteiger partial charge is 0.507 e. The van der Waals surface area contributed by atoms with E-state index in [9.17, 15) is 10.2 Å². The van der Waals surface area contributed by atoms with Crippen LogP contribution in [-0.4, -0.2) is 17.3 Å². The molecule has 2 N–H and O–H groups in total. The van der Waals surface area contributed by atoms with Gasteiger partial charge in [-0.3, -0.25) is 0 Å². The molecule has 0 spiro atoms. The number of halogens is 1. The van der Waals surface area contributed by atoms with E-state index in [2.05, 4.69) is 0 Å². The Morgan fingerprint density at radius 3 is 2.53 bits per heavy atom. The summed E-state index contributed by atoms with van der Waals surface area (Å²) in [5.41, 5.74) is 0.583. The van der Waals surface area contributed by atoms with Gasteiger partial charge in [0.2, 0.25) is 0 Å². The minimum absolute atomic E-state index is 0.0252. The number of hydrogen-bond acceptors (Lipinski definition) is 3. The molecule has 0 atom stereocenters. The topological polar surface area (TPSA) is 49.7 Å². The molecule has 0 aliphatic heterocycles. The molecule has 0 saturated heterocycles. The molecular formula is C13H13ClO3. The number of phenols is 2. The molecule has 0 aromatic heterocycles. The lowest BCUT2D eigenvalue weighted by Crippen LogP contribution is -1.94. The van der Waals surface area contributed by atoms with Crippen molar-refractivity contribution in [1.29, 1.82) is 0 Å². The van der Waals surface area contributed by atoms with E-state index >= 15 is 0 Å². The van der Waals surface area contributed by atoms with Gasteiger partial charge in [-0.2, -0.15) is 0 Å². The molecule has 3 nitrogen and oxygen atoms in total. The lowest BCUT2D eigenvalue weighted by Gasteiger charge is -2.15. The Labute approximate surface area is 104 Å². The molecule has 2 rings (SSSR count). The number of rotatable bonds is 2. The van der Waals surface area contributed by atoms with Crippen LogP contribution in [0, 0.1) is 0 Å². The Morgan fingerprint density at radius 2 is 1.94 bits per heavy atom. The number of hydrogen-bond donors (Lipinski definition) is 2. The maximum absolute atomic E-state index is 10.2. The number of phenolic OH excluding ortho intramolecular Hbond substituents is 2. The first-order chi connectivity index (χ1) is 8.11. The summed E-state index contributed by atoms with van der Waals surface area (Å²) in [6, 6.07) is 5.11. The first kappa shape index (κ1) is 11.9. The van der Waals surface area contributed by atoms with Crippen molar-refractivity contribution in [1.82, 2.24) is 0 Å². The van der Waals surface area contributed by atoms with Crippen molar-refractivity contribution < 1.29 is 14.9 Å². The first-order valence-corrected chi connectivity index (χ1v) is 5.68. The second kappa shape index (κ2) is 4.34. The summed E-state index contributed by atoms with van der Waals surface area (Å²) in [5.74, 6) is 0.369. The SMILES string of the molecule is CCc1c(OC)c(O)c2c(Cl)cccc2c1O. The van der Waals surface area contributed by atoms with Crippen molar-refractivity contribution in [2.75, 3.05) is 7.11 Å². The normalized spacial score (nSPS) is 10.8. The van der Waals surface area contributed by atoms with E-state index < -0.39 is 0 Å². The van der Waals surface area contributed by atoms with E-state index in [1.807, 2.05) is 6.92 Å². The van der Waals surface area contributed by atoms with Gasteiger partial charge in [0.1, 0.15) is 5.75 Å². The average molecular weight is 253 g/mol. The fraction of sp³-hybridized carbons (Fsp3) is 0.231. The van der Waals surface area contributed by atoms with E-state index in [0.29, 0.717) is 27.8 Å². The van der Waals surface area contributed by atoms with E-state index in [1.165, 1.54) is 7.11 Å². The first-order valence-electron chi connectivity index (χ1n) is 5.30. The molecule has 17 heavy (non-hydrogen) atoms. The minimum atomic E-state index is -0.0252. The molecule has 90 valence electrons. The number of benzene rings is 2. The van der Waals surface area contributed by atoms with Gasteiger partial charge in [-0.1, -0.05) is 30.7 Å². The number of aromatic hydroxyl groups is 2. The van der Waals surface area contributed by atoms with Crippen LogP contribution in [0.3, 0.4) is 0 Å². The third kappa shape index (κ3) is 1.67. The predicted molar refractivity (Wildman–Crippen MR) is 68.2 cm³/mol. The van der Waals surface area contributed by atoms with Crippen LogP contribution in [-0.2, 0) is 6.42 Å². The van der Waals surface area contributed by atoms with Gasteiger partial charge in [-0.15, -0.1) is 0 Å². The van der Waals surface area contributed by atoms with Crippen LogP contribution >= 0.6 is 11.6 Å². The van der Waals surface area contributed by atoms with Crippen molar-refractivity contribution in [3.63, 3.8) is 0 Å². The van der Waals surface area contributed by atoms with Gasteiger partial charge in [0.25, 0.3) is 0 Å². The molecule has 2 aromatic rings. The molecule has 0 bridgehead atoms. The third-order valence-electron chi connectivity index (χ3n) is 2.84. The number of fused-ring (bicyclic) bond motifs is 1. The highest BCUT2D eigenvalue weighted by atomic mass is 35.5. The molecule has 2 aromatic carbocycles. The number of ether oxygens (including phenoxy) is 1. The van der Waals surface area contributed by atoms with Gasteiger partial charge in [0.15, 0.2) is 11.5 Å². The highest BCUT2D eigenvalue weighted by Gasteiger charge is 2.19. The quantitative estimate of drug-likeness (QED) is 0.805. The highest BCUT2D eigenvalue weighted by molar-refractivity contribution is 6.36. The lowest BCUT2D eigenvalue weighted by atomic mass is 10.0. The molecule has 0 aliphatic carbocycles. The van der Waals surface area contributed by atoms with Crippen LogP contribution < -0.4 is 4.74 Å². The van der Waals surface area contributed by atoms with Crippen molar-refractivity contribution in [3.8, 4) is 17.2 Å². The molecule has 0 unspecified atom stereocenters. The lowest BCUT2D eigenvalue weighted by molar-refractivity contribution is 0.367. The Balaban J connectivity index is 2.99. The van der Waals surface area contributed by atoms with Crippen molar-refractivity contribution in [3.05, 3.63) is 28.8 Å². The summed E-state index contributed by atoms with van der Waals surface area (Å²) < 4.78 is 5.14. The highest BCUT2D eigenvalue weighted by Crippen LogP contribution is 2.46. The van der Waals surface area contributed by atoms with Gasteiger partial charge >= 0.3 is 0 Å². The van der Waals surface area contributed by atoms with E-state index in [0.717, 1.165) is 0 Å². The molecule has 0 radical (unpaired) electrons. The summed E-state index contributed by atoms with van der Waals surface area (Å²) in [5, 5.41) is 21.6. The second-order valence-corrected chi connectivity index (χ2v) is 4.13. The zero-order valence-corrected chi connectivity index (χ0v) is 10.4. The molecule has 0 saturated carbocycles. The van der Waals surface area contributed by atoms with E-state index in [1.54, 1.807) is 18.2 Å². The fourth-order valence-corrected chi connectivity index (χ4v) is 2.30. The fourth-order valence-electron chi connectivity index (χ4n) is 2.04. The molecule has 4 heteroatoms. The molecule has 0 fully saturated rings. The molecular weight excluding hydrogens is 240 g/mol. The molecule has 0 amide bonds. The zero-order valence-electron chi connectivity index (χ0n) is 9.62. The van der Waals surface area contributed by atoms with Gasteiger partial charge in [0, 0.05) is 16.3 Å². The van der Waals surface area contributed by atoms with Crippen LogP contribution in [0.5, 0.6) is 17.2 Å². The van der Waals surface area contributed by atoms with Crippen LogP contribution in [0.15, 0.2) is 18.2 Å². The summed E-state index contributed by atoms with van der Waals surface area (Å²) >= 11 is 6.03. The summed E-state index contributed by atoms with van der Waals surface area (Å²) in [6.45, 7) is 1.88. The monoisotopic (exact) mass is 252 g/mol. The van der Waals surface area contributed by atoms with Crippen molar-refractivity contribution >= 4 is 22.4 Å². The molecule has 0 aliphatic rings. The van der Waals surface area contributed by atoms with Gasteiger partial charge in [0.05, 0.1) is 12.1 Å². The van der Waals surface area contributed by atoms with Gasteiger partial charge in [-0.05, 0) is 12.5 Å². The zero-order chi connectivity index (χ0) is 12.6. The molecule has 0 heterocycles. The maximum atomic E-state index is 10.2. The second-order valence-electron chi connectivity index (χ2n) is 3.72. The van der Waals surface area contributed by atoms with Gasteiger partial charge in [-0.25, -0.2) is 0 Å². The van der Waals surface area contributed by atoms with Crippen LogP contribution in [0.2, 0.25) is 5.02 Å². The minimum Gasteiger partial charge on any atom is -0.507 e. The maximum Gasteiger partial charge on any atom is 0.168 e. The Kier molecular flexibility index (Phi) is 3.03. The smallest absolute Gasteiger partial charge is 0.168 e. The van der Waals surface area contributed by atoms with Crippen LogP contribution in [0.4, 0.5) is 0 Å². The van der Waals surface area contributed by atoms with E-state index in [-0.39, 0.29) is 17.2 Å².